The lowest BCUT2D eigenvalue weighted by molar-refractivity contribution is -0.428. The third kappa shape index (κ3) is 15.5. The summed E-state index contributed by atoms with van der Waals surface area (Å²) in [6, 6.07) is 0. The summed E-state index contributed by atoms with van der Waals surface area (Å²) in [4.78, 5) is 21.6. The van der Waals surface area contributed by atoms with Crippen LogP contribution in [0.15, 0.2) is 11.8 Å². The minimum atomic E-state index is -0.209. The van der Waals surface area contributed by atoms with E-state index in [1.54, 1.807) is 6.92 Å². The van der Waals surface area contributed by atoms with Gasteiger partial charge in [-0.15, -0.1) is 0 Å². The molecule has 0 radical (unpaired) electrons. The molecule has 4 nitrogen and oxygen atoms in total. The minimum Gasteiger partial charge on any atom is -0.300 e. The summed E-state index contributed by atoms with van der Waals surface area (Å²) >= 11 is 0. The number of nitro groups is 1. The highest BCUT2D eigenvalue weighted by atomic mass is 16.6. The zero-order valence-corrected chi connectivity index (χ0v) is 15.1. The maximum Gasteiger partial charge on any atom is 0.242 e. The van der Waals surface area contributed by atoms with Crippen molar-refractivity contribution in [3.8, 4) is 0 Å². The molecule has 0 aromatic carbocycles. The standard InChI is InChI=1S/C19H35NO3/c1-3-4-5-6-10-13-16-19(20(22)23)17-14-11-8-7-9-12-15-18(2)21/h17H,3-16H2,1-2H3/b19-17+. The Morgan fingerprint density at radius 1 is 0.870 bits per heavy atom. The van der Waals surface area contributed by atoms with Crippen molar-refractivity contribution in [2.75, 3.05) is 0 Å². The Morgan fingerprint density at radius 2 is 1.39 bits per heavy atom. The third-order valence-corrected chi connectivity index (χ3v) is 4.13. The van der Waals surface area contributed by atoms with E-state index >= 15 is 0 Å². The van der Waals surface area contributed by atoms with Gasteiger partial charge in [-0.3, -0.25) is 10.1 Å². The number of carbonyl (C=O) groups is 1. The third-order valence-electron chi connectivity index (χ3n) is 4.13. The predicted molar refractivity (Wildman–Crippen MR) is 96.1 cm³/mol. The molecule has 0 bridgehead atoms. The first kappa shape index (κ1) is 21.8. The van der Waals surface area contributed by atoms with Gasteiger partial charge in [0, 0.05) is 12.8 Å². The number of hydrogen-bond acceptors (Lipinski definition) is 3. The quantitative estimate of drug-likeness (QED) is 0.192. The van der Waals surface area contributed by atoms with Gasteiger partial charge in [0.1, 0.15) is 5.78 Å². The molecule has 0 saturated heterocycles. The molecule has 0 N–H and O–H groups in total. The Morgan fingerprint density at radius 3 is 1.96 bits per heavy atom. The Balaban J connectivity index is 3.69. The number of hydrogen-bond donors (Lipinski definition) is 0. The molecule has 0 aromatic heterocycles. The van der Waals surface area contributed by atoms with Gasteiger partial charge in [-0.05, 0) is 38.7 Å². The molecule has 0 rings (SSSR count). The molecule has 4 heteroatoms. The van der Waals surface area contributed by atoms with Gasteiger partial charge < -0.3 is 4.79 Å². The van der Waals surface area contributed by atoms with E-state index in [-0.39, 0.29) is 10.7 Å². The van der Waals surface area contributed by atoms with Gasteiger partial charge in [0.25, 0.3) is 0 Å². The molecule has 0 atom stereocenters. The van der Waals surface area contributed by atoms with Crippen LogP contribution >= 0.6 is 0 Å². The van der Waals surface area contributed by atoms with Crippen LogP contribution < -0.4 is 0 Å². The predicted octanol–water partition coefficient (Wildman–Crippen LogP) is 6.22. The van der Waals surface area contributed by atoms with Gasteiger partial charge in [0.05, 0.1) is 4.92 Å². The average Bonchev–Trinajstić information content (AvgIpc) is 2.50. The highest BCUT2D eigenvalue weighted by Crippen LogP contribution is 2.14. The molecule has 0 fully saturated rings. The number of Topliss-reactive ketones (excluding diaryl/α,β-unsaturated/α-hetero) is 1. The van der Waals surface area contributed by atoms with Crippen LogP contribution in [0.2, 0.25) is 0 Å². The first-order chi connectivity index (χ1) is 11.1. The number of rotatable bonds is 16. The Kier molecular flexibility index (Phi) is 14.9. The Hall–Kier alpha value is -1.19. The summed E-state index contributed by atoms with van der Waals surface area (Å²) in [7, 11) is 0. The van der Waals surface area contributed by atoms with Crippen molar-refractivity contribution >= 4 is 5.78 Å². The van der Waals surface area contributed by atoms with E-state index in [0.29, 0.717) is 18.5 Å². The van der Waals surface area contributed by atoms with Crippen LogP contribution in [0, 0.1) is 10.1 Å². The van der Waals surface area contributed by atoms with Crippen LogP contribution in [0.5, 0.6) is 0 Å². The maximum atomic E-state index is 11.0. The summed E-state index contributed by atoms with van der Waals surface area (Å²) in [6.45, 7) is 3.82. The number of allylic oxidation sites excluding steroid dienone is 2. The molecule has 0 amide bonds. The Bertz CT molecular complexity index is 351. The number of nitrogens with zero attached hydrogens (tertiary/aromatic N) is 1. The second-order valence-corrected chi connectivity index (χ2v) is 6.48. The molecular weight excluding hydrogens is 290 g/mol. The molecule has 0 aliphatic heterocycles. The summed E-state index contributed by atoms with van der Waals surface area (Å²) in [5, 5.41) is 11.0. The molecule has 134 valence electrons. The highest BCUT2D eigenvalue weighted by molar-refractivity contribution is 5.75. The number of unbranched alkanes of at least 4 members (excludes halogenated alkanes) is 10. The first-order valence-corrected chi connectivity index (χ1v) is 9.40. The molecule has 0 unspecified atom stereocenters. The summed E-state index contributed by atoms with van der Waals surface area (Å²) in [5.74, 6) is 0.262. The van der Waals surface area contributed by atoms with Gasteiger partial charge in [-0.2, -0.15) is 0 Å². The first-order valence-electron chi connectivity index (χ1n) is 9.40. The lowest BCUT2D eigenvalue weighted by atomic mass is 10.1. The van der Waals surface area contributed by atoms with Gasteiger partial charge in [-0.1, -0.05) is 58.3 Å². The second kappa shape index (κ2) is 15.7. The van der Waals surface area contributed by atoms with Gasteiger partial charge in [-0.25, -0.2) is 0 Å². The second-order valence-electron chi connectivity index (χ2n) is 6.48. The topological polar surface area (TPSA) is 60.2 Å². The average molecular weight is 325 g/mol. The molecule has 0 aromatic rings. The Labute approximate surface area is 141 Å². The van der Waals surface area contributed by atoms with Gasteiger partial charge in [0.2, 0.25) is 5.70 Å². The molecule has 0 spiro atoms. The zero-order valence-electron chi connectivity index (χ0n) is 15.1. The molecular formula is C19H35NO3. The van der Waals surface area contributed by atoms with Crippen LogP contribution in [0.1, 0.15) is 104 Å². The fourth-order valence-electron chi connectivity index (χ4n) is 2.67. The van der Waals surface area contributed by atoms with Crippen molar-refractivity contribution in [1.29, 1.82) is 0 Å². The monoisotopic (exact) mass is 325 g/mol. The largest absolute Gasteiger partial charge is 0.300 e. The van der Waals surface area contributed by atoms with E-state index < -0.39 is 0 Å². The fraction of sp³-hybridized carbons (Fsp3) is 0.842. The van der Waals surface area contributed by atoms with Crippen molar-refractivity contribution in [3.63, 3.8) is 0 Å². The maximum absolute atomic E-state index is 11.0. The van der Waals surface area contributed by atoms with E-state index in [1.165, 1.54) is 25.7 Å². The zero-order chi connectivity index (χ0) is 17.3. The van der Waals surface area contributed by atoms with Gasteiger partial charge in [0.15, 0.2) is 0 Å². The highest BCUT2D eigenvalue weighted by Gasteiger charge is 2.09. The smallest absolute Gasteiger partial charge is 0.242 e. The number of ketones is 1. The lowest BCUT2D eigenvalue weighted by Gasteiger charge is -2.01. The van der Waals surface area contributed by atoms with E-state index in [4.69, 9.17) is 0 Å². The molecule has 0 aliphatic rings. The van der Waals surface area contributed by atoms with Crippen LogP contribution in [-0.4, -0.2) is 10.7 Å². The lowest BCUT2D eigenvalue weighted by Crippen LogP contribution is -1.99. The van der Waals surface area contributed by atoms with Crippen molar-refractivity contribution in [1.82, 2.24) is 0 Å². The molecule has 0 aliphatic carbocycles. The van der Waals surface area contributed by atoms with E-state index in [9.17, 15) is 14.9 Å². The fourth-order valence-corrected chi connectivity index (χ4v) is 2.67. The molecule has 0 saturated carbocycles. The van der Waals surface area contributed by atoms with E-state index in [0.717, 1.165) is 51.4 Å². The summed E-state index contributed by atoms with van der Waals surface area (Å²) in [6.07, 6.45) is 16.2. The van der Waals surface area contributed by atoms with Crippen molar-refractivity contribution in [3.05, 3.63) is 21.9 Å². The normalized spacial score (nSPS) is 11.7. The van der Waals surface area contributed by atoms with E-state index in [2.05, 4.69) is 6.92 Å². The van der Waals surface area contributed by atoms with Crippen molar-refractivity contribution in [2.45, 2.75) is 104 Å². The summed E-state index contributed by atoms with van der Waals surface area (Å²) < 4.78 is 0. The van der Waals surface area contributed by atoms with E-state index in [1.807, 2.05) is 6.08 Å². The van der Waals surface area contributed by atoms with Gasteiger partial charge >= 0.3 is 0 Å². The molecule has 0 heterocycles. The molecule has 23 heavy (non-hydrogen) atoms. The summed E-state index contributed by atoms with van der Waals surface area (Å²) in [5.41, 5.74) is 0.400. The van der Waals surface area contributed by atoms with Crippen LogP contribution in [0.4, 0.5) is 0 Å². The van der Waals surface area contributed by atoms with Crippen molar-refractivity contribution < 1.29 is 9.72 Å². The van der Waals surface area contributed by atoms with Crippen LogP contribution in [0.3, 0.4) is 0 Å². The van der Waals surface area contributed by atoms with Crippen LogP contribution in [-0.2, 0) is 4.79 Å². The van der Waals surface area contributed by atoms with Crippen LogP contribution in [0.25, 0.3) is 0 Å². The SMILES string of the molecule is CCCCCCCC/C(=C\CCCCCCCC(C)=O)[N+](=O)[O-]. The minimum absolute atomic E-state index is 0.209. The number of carbonyl (C=O) groups excluding carboxylic acids is 1. The van der Waals surface area contributed by atoms with Crippen molar-refractivity contribution in [2.24, 2.45) is 0 Å².